The van der Waals surface area contributed by atoms with Crippen molar-refractivity contribution in [3.05, 3.63) is 59.9 Å². The molecule has 6 nitrogen and oxygen atoms in total. The van der Waals surface area contributed by atoms with Crippen LogP contribution in [-0.2, 0) is 0 Å². The Morgan fingerprint density at radius 3 is 2.63 bits per heavy atom. The van der Waals surface area contributed by atoms with Gasteiger partial charge in [0.2, 0.25) is 0 Å². The lowest BCUT2D eigenvalue weighted by Gasteiger charge is -2.31. The van der Waals surface area contributed by atoms with Crippen LogP contribution in [0.2, 0.25) is 0 Å². The van der Waals surface area contributed by atoms with Crippen molar-refractivity contribution in [1.82, 2.24) is 14.9 Å². The number of urea groups is 1. The highest BCUT2D eigenvalue weighted by atomic mass is 16.2. The molecule has 1 aliphatic heterocycles. The Bertz CT molecular complexity index is 954. The molecule has 1 fully saturated rings. The molecule has 0 bridgehead atoms. The van der Waals surface area contributed by atoms with Crippen LogP contribution in [0.25, 0.3) is 11.0 Å². The highest BCUT2D eigenvalue weighted by molar-refractivity contribution is 5.96. The predicted octanol–water partition coefficient (Wildman–Crippen LogP) is 4.18. The van der Waals surface area contributed by atoms with E-state index in [0.29, 0.717) is 30.3 Å². The number of Topliss-reactive ketones (excluding diaryl/α,β-unsaturated/α-hetero) is 1. The van der Waals surface area contributed by atoms with Crippen LogP contribution < -0.4 is 5.32 Å². The fourth-order valence-corrected chi connectivity index (χ4v) is 3.54. The summed E-state index contributed by atoms with van der Waals surface area (Å²) in [5.41, 5.74) is 3.28. The molecule has 0 spiro atoms. The fourth-order valence-electron chi connectivity index (χ4n) is 3.54. The second-order valence-electron chi connectivity index (χ2n) is 6.97. The number of H-pyrrole nitrogens is 1. The Balaban J connectivity index is 1.38. The molecule has 6 heteroatoms. The number of benzene rings is 2. The maximum absolute atomic E-state index is 12.5. The van der Waals surface area contributed by atoms with Gasteiger partial charge in [0.25, 0.3) is 0 Å². The van der Waals surface area contributed by atoms with E-state index >= 15 is 0 Å². The molecule has 2 N–H and O–H groups in total. The maximum Gasteiger partial charge on any atom is 0.321 e. The number of para-hydroxylation sites is 2. The van der Waals surface area contributed by atoms with Gasteiger partial charge in [0.05, 0.1) is 11.0 Å². The Labute approximate surface area is 157 Å². The normalized spacial score (nSPS) is 15.1. The smallest absolute Gasteiger partial charge is 0.321 e. The second kappa shape index (κ2) is 7.23. The molecule has 138 valence electrons. The second-order valence-corrected chi connectivity index (χ2v) is 6.97. The molecule has 0 radical (unpaired) electrons. The molecule has 2 aromatic carbocycles. The standard InChI is InChI=1S/C21H22N4O2/c1-14(26)16-5-4-6-17(13-16)22-21(27)25-11-9-15(10-12-25)20-23-18-7-2-3-8-19(18)24-20/h2-8,13,15H,9-12H2,1H3,(H,22,27)(H,23,24). The van der Waals surface area contributed by atoms with Gasteiger partial charge in [-0.05, 0) is 44.0 Å². The van der Waals surface area contributed by atoms with Crippen molar-refractivity contribution < 1.29 is 9.59 Å². The van der Waals surface area contributed by atoms with Gasteiger partial charge in [-0.15, -0.1) is 0 Å². The van der Waals surface area contributed by atoms with Crippen molar-refractivity contribution in [3.8, 4) is 0 Å². The topological polar surface area (TPSA) is 78.1 Å². The van der Waals surface area contributed by atoms with E-state index in [1.807, 2.05) is 29.2 Å². The van der Waals surface area contributed by atoms with Crippen molar-refractivity contribution in [3.63, 3.8) is 0 Å². The van der Waals surface area contributed by atoms with Gasteiger partial charge in [-0.1, -0.05) is 24.3 Å². The summed E-state index contributed by atoms with van der Waals surface area (Å²) in [5.74, 6) is 1.32. The molecular weight excluding hydrogens is 340 g/mol. The van der Waals surface area contributed by atoms with E-state index in [1.54, 1.807) is 24.3 Å². The van der Waals surface area contributed by atoms with Crippen molar-refractivity contribution in [2.45, 2.75) is 25.7 Å². The van der Waals surface area contributed by atoms with E-state index in [9.17, 15) is 9.59 Å². The summed E-state index contributed by atoms with van der Waals surface area (Å²) in [4.78, 5) is 33.9. The van der Waals surface area contributed by atoms with Gasteiger partial charge in [-0.25, -0.2) is 9.78 Å². The van der Waals surface area contributed by atoms with E-state index in [0.717, 1.165) is 29.7 Å². The van der Waals surface area contributed by atoms with Crippen LogP contribution in [0.1, 0.15) is 41.9 Å². The van der Waals surface area contributed by atoms with Crippen LogP contribution >= 0.6 is 0 Å². The fraction of sp³-hybridized carbons (Fsp3) is 0.286. The molecule has 1 saturated heterocycles. The quantitative estimate of drug-likeness (QED) is 0.686. The molecule has 27 heavy (non-hydrogen) atoms. The number of aromatic nitrogens is 2. The number of nitrogens with one attached hydrogen (secondary N) is 2. The lowest BCUT2D eigenvalue weighted by Crippen LogP contribution is -2.40. The van der Waals surface area contributed by atoms with Crippen molar-refractivity contribution in [2.75, 3.05) is 18.4 Å². The number of rotatable bonds is 3. The molecular formula is C21H22N4O2. The maximum atomic E-state index is 12.5. The number of imidazole rings is 1. The van der Waals surface area contributed by atoms with Gasteiger partial charge < -0.3 is 15.2 Å². The summed E-state index contributed by atoms with van der Waals surface area (Å²) in [5, 5.41) is 2.89. The first-order valence-electron chi connectivity index (χ1n) is 9.22. The number of carbonyl (C=O) groups excluding carboxylic acids is 2. The zero-order valence-electron chi connectivity index (χ0n) is 15.2. The van der Waals surface area contributed by atoms with Crippen LogP contribution in [0, 0.1) is 0 Å². The number of piperidine rings is 1. The SMILES string of the molecule is CC(=O)c1cccc(NC(=O)N2CCC(c3nc4ccccc4[nH]3)CC2)c1. The first-order valence-corrected chi connectivity index (χ1v) is 9.22. The molecule has 2 heterocycles. The Hall–Kier alpha value is -3.15. The van der Waals surface area contributed by atoms with Gasteiger partial charge in [-0.2, -0.15) is 0 Å². The van der Waals surface area contributed by atoms with Gasteiger partial charge in [0.1, 0.15) is 5.82 Å². The average molecular weight is 362 g/mol. The monoisotopic (exact) mass is 362 g/mol. The van der Waals surface area contributed by atoms with E-state index < -0.39 is 0 Å². The van der Waals surface area contributed by atoms with Crippen molar-refractivity contribution >= 4 is 28.5 Å². The summed E-state index contributed by atoms with van der Waals surface area (Å²) in [7, 11) is 0. The number of hydrogen-bond donors (Lipinski definition) is 2. The average Bonchev–Trinajstić information content (AvgIpc) is 3.12. The minimum Gasteiger partial charge on any atom is -0.342 e. The summed E-state index contributed by atoms with van der Waals surface area (Å²) in [6.07, 6.45) is 1.75. The zero-order valence-corrected chi connectivity index (χ0v) is 15.2. The van der Waals surface area contributed by atoms with E-state index in [4.69, 9.17) is 4.98 Å². The summed E-state index contributed by atoms with van der Waals surface area (Å²) in [6.45, 7) is 2.88. The minimum atomic E-state index is -0.126. The van der Waals surface area contributed by atoms with Crippen LogP contribution in [-0.4, -0.2) is 39.8 Å². The number of nitrogens with zero attached hydrogens (tertiary/aromatic N) is 2. The predicted molar refractivity (Wildman–Crippen MR) is 105 cm³/mol. The molecule has 1 aromatic heterocycles. The van der Waals surface area contributed by atoms with Crippen LogP contribution in [0.4, 0.5) is 10.5 Å². The molecule has 4 rings (SSSR count). The Morgan fingerprint density at radius 1 is 1.11 bits per heavy atom. The third kappa shape index (κ3) is 3.69. The van der Waals surface area contributed by atoms with Gasteiger partial charge in [0.15, 0.2) is 5.78 Å². The van der Waals surface area contributed by atoms with Crippen molar-refractivity contribution in [1.29, 1.82) is 0 Å². The summed E-state index contributed by atoms with van der Waals surface area (Å²) < 4.78 is 0. The van der Waals surface area contributed by atoms with Crippen LogP contribution in [0.3, 0.4) is 0 Å². The number of fused-ring (bicyclic) bond motifs is 1. The molecule has 0 atom stereocenters. The molecule has 3 aromatic rings. The number of likely N-dealkylation sites (tertiary alicyclic amines) is 1. The van der Waals surface area contributed by atoms with Gasteiger partial charge >= 0.3 is 6.03 Å². The number of hydrogen-bond acceptors (Lipinski definition) is 3. The number of amides is 2. The van der Waals surface area contributed by atoms with Crippen LogP contribution in [0.15, 0.2) is 48.5 Å². The largest absolute Gasteiger partial charge is 0.342 e. The van der Waals surface area contributed by atoms with Crippen molar-refractivity contribution in [2.24, 2.45) is 0 Å². The highest BCUT2D eigenvalue weighted by Gasteiger charge is 2.25. The molecule has 2 amide bonds. The summed E-state index contributed by atoms with van der Waals surface area (Å²) in [6, 6.07) is 14.9. The van der Waals surface area contributed by atoms with E-state index in [1.165, 1.54) is 6.92 Å². The lowest BCUT2D eigenvalue weighted by molar-refractivity contribution is 0.101. The highest BCUT2D eigenvalue weighted by Crippen LogP contribution is 2.28. The van der Waals surface area contributed by atoms with Gasteiger partial charge in [-0.3, -0.25) is 4.79 Å². The number of anilines is 1. The first kappa shape index (κ1) is 17.3. The minimum absolute atomic E-state index is 0.0160. The van der Waals surface area contributed by atoms with E-state index in [-0.39, 0.29) is 11.8 Å². The third-order valence-electron chi connectivity index (χ3n) is 5.10. The lowest BCUT2D eigenvalue weighted by atomic mass is 9.96. The molecule has 0 saturated carbocycles. The summed E-state index contributed by atoms with van der Waals surface area (Å²) >= 11 is 0. The molecule has 0 unspecified atom stereocenters. The molecule has 1 aliphatic rings. The van der Waals surface area contributed by atoms with Gasteiger partial charge in [0, 0.05) is 30.3 Å². The third-order valence-corrected chi connectivity index (χ3v) is 5.10. The van der Waals surface area contributed by atoms with E-state index in [2.05, 4.69) is 10.3 Å². The first-order chi connectivity index (χ1) is 13.1. The number of aromatic amines is 1. The van der Waals surface area contributed by atoms with Crippen LogP contribution in [0.5, 0.6) is 0 Å². The molecule has 0 aliphatic carbocycles. The Morgan fingerprint density at radius 2 is 1.89 bits per heavy atom. The number of carbonyl (C=O) groups is 2. The number of ketones is 1. The Kier molecular flexibility index (Phi) is 4.62. The zero-order chi connectivity index (χ0) is 18.8.